The van der Waals surface area contributed by atoms with E-state index in [4.69, 9.17) is 9.26 Å². The number of nitrogens with zero attached hydrogens (tertiary/aromatic N) is 3. The Labute approximate surface area is 176 Å². The number of ether oxygens (including phenoxy) is 1. The summed E-state index contributed by atoms with van der Waals surface area (Å²) in [6.07, 6.45) is 1.72. The van der Waals surface area contributed by atoms with E-state index < -0.39 is 0 Å². The molecule has 0 aromatic carbocycles. The van der Waals surface area contributed by atoms with Gasteiger partial charge in [-0.1, -0.05) is 19.0 Å². The van der Waals surface area contributed by atoms with E-state index in [-0.39, 0.29) is 11.9 Å². The van der Waals surface area contributed by atoms with E-state index in [0.717, 1.165) is 48.3 Å². The SMILES string of the molecule is Cc1noc(C)c1CSc1ncccc1C(=O)NCC(C(C)C)N1CCOCC1. The van der Waals surface area contributed by atoms with Gasteiger partial charge in [0.1, 0.15) is 10.8 Å². The standard InChI is InChI=1S/C21H30N4O3S/c1-14(2)19(25-8-10-27-11-9-25)12-23-20(26)17-6-5-7-22-21(17)29-13-18-15(3)24-28-16(18)4/h5-7,14,19H,8-13H2,1-4H3,(H,23,26). The van der Waals surface area contributed by atoms with Crippen molar-refractivity contribution >= 4 is 17.7 Å². The molecule has 1 amide bonds. The van der Waals surface area contributed by atoms with Gasteiger partial charge >= 0.3 is 0 Å². The number of thioether (sulfide) groups is 1. The number of morpholine rings is 1. The number of amides is 1. The summed E-state index contributed by atoms with van der Waals surface area (Å²) in [5.74, 6) is 1.83. The molecule has 0 bridgehead atoms. The maximum absolute atomic E-state index is 12.9. The van der Waals surface area contributed by atoms with Gasteiger partial charge < -0.3 is 14.6 Å². The fraction of sp³-hybridized carbons (Fsp3) is 0.571. The molecule has 3 heterocycles. The summed E-state index contributed by atoms with van der Waals surface area (Å²) < 4.78 is 10.7. The summed E-state index contributed by atoms with van der Waals surface area (Å²) in [6, 6.07) is 3.92. The van der Waals surface area contributed by atoms with Gasteiger partial charge in [0.05, 0.1) is 24.5 Å². The first kappa shape index (κ1) is 21.8. The van der Waals surface area contributed by atoms with E-state index in [2.05, 4.69) is 34.2 Å². The van der Waals surface area contributed by atoms with E-state index >= 15 is 0 Å². The lowest BCUT2D eigenvalue weighted by molar-refractivity contribution is 0.00672. The van der Waals surface area contributed by atoms with Crippen LogP contribution in [0.2, 0.25) is 0 Å². The van der Waals surface area contributed by atoms with Crippen molar-refractivity contribution in [3.8, 4) is 0 Å². The molecule has 7 nitrogen and oxygen atoms in total. The Hall–Kier alpha value is -1.90. The minimum atomic E-state index is -0.0849. The number of aryl methyl sites for hydroxylation is 2. The summed E-state index contributed by atoms with van der Waals surface area (Å²) >= 11 is 1.53. The number of hydrogen-bond acceptors (Lipinski definition) is 7. The smallest absolute Gasteiger partial charge is 0.254 e. The van der Waals surface area contributed by atoms with Crippen molar-refractivity contribution in [3.63, 3.8) is 0 Å². The maximum atomic E-state index is 12.9. The lowest BCUT2D eigenvalue weighted by atomic mass is 10.0. The molecule has 1 atom stereocenters. The molecular weight excluding hydrogens is 388 g/mol. The molecule has 1 unspecified atom stereocenters. The fourth-order valence-electron chi connectivity index (χ4n) is 3.52. The van der Waals surface area contributed by atoms with Gasteiger partial charge in [0.25, 0.3) is 5.91 Å². The molecule has 158 valence electrons. The zero-order chi connectivity index (χ0) is 20.8. The Bertz CT molecular complexity index is 799. The second-order valence-corrected chi connectivity index (χ2v) is 8.58. The van der Waals surface area contributed by atoms with Gasteiger partial charge in [0, 0.05) is 43.2 Å². The molecule has 8 heteroatoms. The number of aromatic nitrogens is 2. The van der Waals surface area contributed by atoms with Gasteiger partial charge in [-0.15, -0.1) is 11.8 Å². The molecule has 0 radical (unpaired) electrons. The van der Waals surface area contributed by atoms with Crippen LogP contribution in [-0.2, 0) is 10.5 Å². The van der Waals surface area contributed by atoms with Crippen LogP contribution < -0.4 is 5.32 Å². The van der Waals surface area contributed by atoms with Crippen LogP contribution in [0.25, 0.3) is 0 Å². The molecule has 0 saturated carbocycles. The molecule has 29 heavy (non-hydrogen) atoms. The lowest BCUT2D eigenvalue weighted by Crippen LogP contribution is -2.51. The minimum absolute atomic E-state index is 0.0849. The van der Waals surface area contributed by atoms with Crippen LogP contribution in [0.4, 0.5) is 0 Å². The fourth-order valence-corrected chi connectivity index (χ4v) is 4.66. The highest BCUT2D eigenvalue weighted by Crippen LogP contribution is 2.27. The predicted molar refractivity (Wildman–Crippen MR) is 113 cm³/mol. The number of hydrogen-bond donors (Lipinski definition) is 1. The molecule has 1 N–H and O–H groups in total. The van der Waals surface area contributed by atoms with E-state index in [1.807, 2.05) is 19.9 Å². The third kappa shape index (κ3) is 5.58. The highest BCUT2D eigenvalue weighted by Gasteiger charge is 2.25. The van der Waals surface area contributed by atoms with Crippen LogP contribution in [0.3, 0.4) is 0 Å². The van der Waals surface area contributed by atoms with Crippen LogP contribution in [0.1, 0.15) is 41.2 Å². The number of rotatable bonds is 8. The van der Waals surface area contributed by atoms with E-state index in [0.29, 0.717) is 23.8 Å². The Morgan fingerprint density at radius 3 is 2.72 bits per heavy atom. The van der Waals surface area contributed by atoms with Crippen molar-refractivity contribution in [3.05, 3.63) is 40.9 Å². The maximum Gasteiger partial charge on any atom is 0.254 e. The van der Waals surface area contributed by atoms with Crippen molar-refractivity contribution in [1.82, 2.24) is 20.4 Å². The Balaban J connectivity index is 1.64. The first-order valence-electron chi connectivity index (χ1n) is 10.1. The monoisotopic (exact) mass is 418 g/mol. The third-order valence-corrected chi connectivity index (χ3v) is 6.34. The largest absolute Gasteiger partial charge is 0.379 e. The van der Waals surface area contributed by atoms with Crippen LogP contribution in [-0.4, -0.2) is 59.8 Å². The zero-order valence-corrected chi connectivity index (χ0v) is 18.4. The van der Waals surface area contributed by atoms with E-state index in [1.54, 1.807) is 12.3 Å². The van der Waals surface area contributed by atoms with Crippen LogP contribution in [0.15, 0.2) is 27.9 Å². The summed E-state index contributed by atoms with van der Waals surface area (Å²) in [5.41, 5.74) is 2.54. The molecule has 0 spiro atoms. The minimum Gasteiger partial charge on any atom is -0.379 e. The molecule has 3 rings (SSSR count). The Morgan fingerprint density at radius 1 is 1.31 bits per heavy atom. The predicted octanol–water partition coefficient (Wildman–Crippen LogP) is 3.07. The molecule has 2 aromatic rings. The topological polar surface area (TPSA) is 80.5 Å². The van der Waals surface area contributed by atoms with Gasteiger partial charge in [-0.3, -0.25) is 9.69 Å². The van der Waals surface area contributed by atoms with Gasteiger partial charge in [0.15, 0.2) is 0 Å². The molecule has 0 aliphatic carbocycles. The highest BCUT2D eigenvalue weighted by atomic mass is 32.2. The first-order valence-corrected chi connectivity index (χ1v) is 11.1. The van der Waals surface area contributed by atoms with Crippen molar-refractivity contribution in [2.45, 2.75) is 44.5 Å². The Kier molecular flexibility index (Phi) is 7.69. The quantitative estimate of drug-likeness (QED) is 0.660. The van der Waals surface area contributed by atoms with E-state index in [9.17, 15) is 4.79 Å². The number of carbonyl (C=O) groups is 1. The summed E-state index contributed by atoms with van der Waals surface area (Å²) in [7, 11) is 0. The van der Waals surface area contributed by atoms with Crippen LogP contribution >= 0.6 is 11.8 Å². The third-order valence-electron chi connectivity index (χ3n) is 5.31. The van der Waals surface area contributed by atoms with Crippen molar-refractivity contribution in [2.75, 3.05) is 32.8 Å². The van der Waals surface area contributed by atoms with Crippen LogP contribution in [0, 0.1) is 19.8 Å². The average Bonchev–Trinajstić information content (AvgIpc) is 3.04. The number of carbonyl (C=O) groups excluding carboxylic acids is 1. The van der Waals surface area contributed by atoms with Gasteiger partial charge in [-0.05, 0) is 31.9 Å². The molecule has 1 saturated heterocycles. The van der Waals surface area contributed by atoms with E-state index in [1.165, 1.54) is 11.8 Å². The second kappa shape index (κ2) is 10.2. The average molecular weight is 419 g/mol. The molecule has 1 fully saturated rings. The number of nitrogens with one attached hydrogen (secondary N) is 1. The highest BCUT2D eigenvalue weighted by molar-refractivity contribution is 7.98. The summed E-state index contributed by atoms with van der Waals surface area (Å²) in [5, 5.41) is 7.84. The summed E-state index contributed by atoms with van der Waals surface area (Å²) in [4.78, 5) is 19.8. The molecule has 2 aromatic heterocycles. The zero-order valence-electron chi connectivity index (χ0n) is 17.6. The number of pyridine rings is 1. The van der Waals surface area contributed by atoms with Gasteiger partial charge in [-0.25, -0.2) is 4.98 Å². The first-order chi connectivity index (χ1) is 14.0. The Morgan fingerprint density at radius 2 is 2.07 bits per heavy atom. The van der Waals surface area contributed by atoms with Crippen molar-refractivity contribution in [2.24, 2.45) is 5.92 Å². The van der Waals surface area contributed by atoms with Gasteiger partial charge in [0.2, 0.25) is 0 Å². The molecule has 1 aliphatic heterocycles. The lowest BCUT2D eigenvalue weighted by Gasteiger charge is -2.36. The van der Waals surface area contributed by atoms with Crippen molar-refractivity contribution < 1.29 is 14.1 Å². The van der Waals surface area contributed by atoms with Crippen LogP contribution in [0.5, 0.6) is 0 Å². The normalized spacial score (nSPS) is 16.2. The summed E-state index contributed by atoms with van der Waals surface area (Å²) in [6.45, 7) is 12.1. The molecular formula is C21H30N4O3S. The van der Waals surface area contributed by atoms with Gasteiger partial charge in [-0.2, -0.15) is 0 Å². The molecule has 1 aliphatic rings. The second-order valence-electron chi connectivity index (χ2n) is 7.62. The van der Waals surface area contributed by atoms with Crippen molar-refractivity contribution in [1.29, 1.82) is 0 Å².